The highest BCUT2D eigenvalue weighted by Crippen LogP contribution is 2.27. The topological polar surface area (TPSA) is 85.8 Å². The molecule has 1 amide bonds. The number of nitrogens with zero attached hydrogens (tertiary/aromatic N) is 2. The Morgan fingerprint density at radius 2 is 1.91 bits per heavy atom. The molecule has 33 heavy (non-hydrogen) atoms. The molecule has 1 aliphatic heterocycles. The normalized spacial score (nSPS) is 15.2. The van der Waals surface area contributed by atoms with E-state index in [4.69, 9.17) is 13.7 Å². The van der Waals surface area contributed by atoms with E-state index in [9.17, 15) is 9.59 Å². The summed E-state index contributed by atoms with van der Waals surface area (Å²) < 4.78 is 15.5. The van der Waals surface area contributed by atoms with Crippen molar-refractivity contribution in [1.29, 1.82) is 0 Å². The molecule has 3 heterocycles. The highest BCUT2D eigenvalue weighted by atomic mass is 16.5. The average Bonchev–Trinajstić information content (AvgIpc) is 3.60. The SMILES string of the molecule is CCOC(=O)C1CCN(C(=O)c2cnoc2-c2ccc(C)cc2)C1.c1ccc2occc2c1. The number of para-hydroxylation sites is 1. The Morgan fingerprint density at radius 3 is 2.67 bits per heavy atom. The molecule has 7 nitrogen and oxygen atoms in total. The van der Waals surface area contributed by atoms with Gasteiger partial charge in [0.15, 0.2) is 5.76 Å². The van der Waals surface area contributed by atoms with Crippen LogP contribution in [0.2, 0.25) is 0 Å². The van der Waals surface area contributed by atoms with Crippen LogP contribution in [-0.2, 0) is 9.53 Å². The van der Waals surface area contributed by atoms with E-state index in [2.05, 4.69) is 5.16 Å². The largest absolute Gasteiger partial charge is 0.466 e. The number of aryl methyl sites for hydroxylation is 1. The number of carbonyl (C=O) groups excluding carboxylic acids is 2. The molecule has 4 aromatic rings. The van der Waals surface area contributed by atoms with E-state index in [0.29, 0.717) is 37.4 Å². The quantitative estimate of drug-likeness (QED) is 0.405. The van der Waals surface area contributed by atoms with E-state index in [1.165, 1.54) is 6.20 Å². The third kappa shape index (κ3) is 5.14. The van der Waals surface area contributed by atoms with Crippen LogP contribution in [0.25, 0.3) is 22.3 Å². The Morgan fingerprint density at radius 1 is 1.12 bits per heavy atom. The number of rotatable bonds is 4. The highest BCUT2D eigenvalue weighted by molar-refractivity contribution is 5.99. The lowest BCUT2D eigenvalue weighted by atomic mass is 10.1. The lowest BCUT2D eigenvalue weighted by Gasteiger charge is -2.15. The maximum Gasteiger partial charge on any atom is 0.310 e. The molecule has 1 saturated heterocycles. The number of furan rings is 1. The molecule has 0 radical (unpaired) electrons. The van der Waals surface area contributed by atoms with Crippen LogP contribution in [0.15, 0.2) is 76.0 Å². The number of ether oxygens (including phenoxy) is 1. The Labute approximate surface area is 191 Å². The summed E-state index contributed by atoms with van der Waals surface area (Å²) in [4.78, 5) is 26.3. The zero-order chi connectivity index (χ0) is 23.2. The van der Waals surface area contributed by atoms with Crippen LogP contribution in [0, 0.1) is 12.8 Å². The summed E-state index contributed by atoms with van der Waals surface area (Å²) in [5, 5.41) is 4.95. The van der Waals surface area contributed by atoms with E-state index < -0.39 is 0 Å². The van der Waals surface area contributed by atoms with Crippen LogP contribution in [0.4, 0.5) is 0 Å². The van der Waals surface area contributed by atoms with E-state index in [-0.39, 0.29) is 17.8 Å². The van der Waals surface area contributed by atoms with Gasteiger partial charge in [0.2, 0.25) is 0 Å². The summed E-state index contributed by atoms with van der Waals surface area (Å²) in [6.07, 6.45) is 3.76. The predicted octanol–water partition coefficient (Wildman–Crippen LogP) is 5.11. The average molecular weight is 447 g/mol. The molecule has 0 bridgehead atoms. The van der Waals surface area contributed by atoms with Gasteiger partial charge in [-0.05, 0) is 32.4 Å². The maximum atomic E-state index is 12.8. The summed E-state index contributed by atoms with van der Waals surface area (Å²) >= 11 is 0. The van der Waals surface area contributed by atoms with Gasteiger partial charge in [0, 0.05) is 24.0 Å². The standard InChI is InChI=1S/C18H20N2O4.C8H6O/c1-3-23-18(22)14-8-9-20(11-14)17(21)15-10-19-24-16(15)13-6-4-12(2)5-7-13;1-2-4-8-7(3-1)5-6-9-8/h4-7,10,14H,3,8-9,11H2,1-2H3;1-6H. The van der Waals surface area contributed by atoms with Crippen molar-refractivity contribution in [2.45, 2.75) is 20.3 Å². The van der Waals surface area contributed by atoms with Crippen molar-refractivity contribution >= 4 is 22.8 Å². The molecule has 5 rings (SSSR count). The maximum absolute atomic E-state index is 12.8. The summed E-state index contributed by atoms with van der Waals surface area (Å²) in [6.45, 7) is 5.03. The van der Waals surface area contributed by atoms with Crippen molar-refractivity contribution in [3.8, 4) is 11.3 Å². The lowest BCUT2D eigenvalue weighted by molar-refractivity contribution is -0.147. The van der Waals surface area contributed by atoms with Crippen molar-refractivity contribution in [2.75, 3.05) is 19.7 Å². The first-order valence-corrected chi connectivity index (χ1v) is 11.0. The first-order chi connectivity index (χ1) is 16.1. The van der Waals surface area contributed by atoms with Gasteiger partial charge in [-0.2, -0.15) is 0 Å². The van der Waals surface area contributed by atoms with Gasteiger partial charge < -0.3 is 18.6 Å². The molecule has 0 spiro atoms. The second-order valence-electron chi connectivity index (χ2n) is 7.88. The molecule has 1 fully saturated rings. The fraction of sp³-hybridized carbons (Fsp3) is 0.269. The van der Waals surface area contributed by atoms with Crippen LogP contribution >= 0.6 is 0 Å². The number of carbonyl (C=O) groups is 2. The zero-order valence-corrected chi connectivity index (χ0v) is 18.7. The van der Waals surface area contributed by atoms with Gasteiger partial charge in [0.25, 0.3) is 5.91 Å². The minimum absolute atomic E-state index is 0.168. The number of aromatic nitrogens is 1. The van der Waals surface area contributed by atoms with Gasteiger partial charge in [0.05, 0.1) is 25.0 Å². The Balaban J connectivity index is 0.000000238. The Bertz CT molecular complexity index is 1190. The fourth-order valence-electron chi connectivity index (χ4n) is 3.78. The summed E-state index contributed by atoms with van der Waals surface area (Å²) in [5.41, 5.74) is 3.31. The molecule has 1 aliphatic rings. The second kappa shape index (κ2) is 10.2. The molecule has 0 N–H and O–H groups in total. The van der Waals surface area contributed by atoms with E-state index in [1.54, 1.807) is 18.1 Å². The molecule has 2 aromatic carbocycles. The molecule has 0 saturated carbocycles. The first-order valence-electron chi connectivity index (χ1n) is 11.0. The van der Waals surface area contributed by atoms with Gasteiger partial charge in [-0.3, -0.25) is 9.59 Å². The molecule has 1 unspecified atom stereocenters. The van der Waals surface area contributed by atoms with Crippen molar-refractivity contribution in [3.05, 3.63) is 78.2 Å². The number of amides is 1. The number of likely N-dealkylation sites (tertiary alicyclic amines) is 1. The second-order valence-corrected chi connectivity index (χ2v) is 7.88. The molecule has 7 heteroatoms. The third-order valence-corrected chi connectivity index (χ3v) is 5.57. The third-order valence-electron chi connectivity index (χ3n) is 5.57. The molecular weight excluding hydrogens is 420 g/mol. The molecule has 0 aliphatic carbocycles. The van der Waals surface area contributed by atoms with Crippen molar-refractivity contribution in [1.82, 2.24) is 10.1 Å². The molecular formula is C26H26N2O5. The van der Waals surface area contributed by atoms with Gasteiger partial charge in [-0.1, -0.05) is 53.2 Å². The van der Waals surface area contributed by atoms with Crippen molar-refractivity contribution in [2.24, 2.45) is 5.92 Å². The molecule has 2 aromatic heterocycles. The predicted molar refractivity (Wildman–Crippen MR) is 124 cm³/mol. The zero-order valence-electron chi connectivity index (χ0n) is 18.7. The van der Waals surface area contributed by atoms with Gasteiger partial charge in [-0.15, -0.1) is 0 Å². The lowest BCUT2D eigenvalue weighted by Crippen LogP contribution is -2.30. The smallest absolute Gasteiger partial charge is 0.310 e. The van der Waals surface area contributed by atoms with Crippen LogP contribution in [0.1, 0.15) is 29.3 Å². The summed E-state index contributed by atoms with van der Waals surface area (Å²) in [5.74, 6) is -0.202. The molecule has 170 valence electrons. The Hall–Kier alpha value is -3.87. The van der Waals surface area contributed by atoms with E-state index in [0.717, 1.165) is 22.1 Å². The van der Waals surface area contributed by atoms with Crippen molar-refractivity contribution < 1.29 is 23.3 Å². The van der Waals surface area contributed by atoms with Crippen LogP contribution < -0.4 is 0 Å². The van der Waals surface area contributed by atoms with E-state index in [1.807, 2.05) is 61.5 Å². The number of esters is 1. The summed E-state index contributed by atoms with van der Waals surface area (Å²) in [7, 11) is 0. The fourth-order valence-corrected chi connectivity index (χ4v) is 3.78. The Kier molecular flexibility index (Phi) is 6.88. The van der Waals surface area contributed by atoms with Gasteiger partial charge in [0.1, 0.15) is 11.1 Å². The monoisotopic (exact) mass is 446 g/mol. The van der Waals surface area contributed by atoms with Crippen LogP contribution in [-0.4, -0.2) is 41.6 Å². The number of fused-ring (bicyclic) bond motifs is 1. The highest BCUT2D eigenvalue weighted by Gasteiger charge is 2.34. The van der Waals surface area contributed by atoms with Gasteiger partial charge >= 0.3 is 5.97 Å². The summed E-state index contributed by atoms with van der Waals surface area (Å²) in [6, 6.07) is 17.6. The van der Waals surface area contributed by atoms with Crippen LogP contribution in [0.3, 0.4) is 0 Å². The number of hydrogen-bond donors (Lipinski definition) is 0. The molecule has 1 atom stereocenters. The minimum Gasteiger partial charge on any atom is -0.466 e. The number of benzene rings is 2. The first kappa shape index (κ1) is 22.3. The van der Waals surface area contributed by atoms with Crippen molar-refractivity contribution in [3.63, 3.8) is 0 Å². The van der Waals surface area contributed by atoms with Crippen LogP contribution in [0.5, 0.6) is 0 Å². The van der Waals surface area contributed by atoms with Gasteiger partial charge in [-0.25, -0.2) is 0 Å². The van der Waals surface area contributed by atoms with E-state index >= 15 is 0 Å². The number of hydrogen-bond acceptors (Lipinski definition) is 6. The minimum atomic E-state index is -0.253.